The highest BCUT2D eigenvalue weighted by molar-refractivity contribution is 5.85. The number of carboxylic acids is 1. The topological polar surface area (TPSA) is 49.3 Å². The van der Waals surface area contributed by atoms with E-state index in [0.29, 0.717) is 0 Å². The molecule has 0 aromatic heterocycles. The summed E-state index contributed by atoms with van der Waals surface area (Å²) in [5, 5.41) is 11.3. The molecule has 2 N–H and O–H groups in total. The van der Waals surface area contributed by atoms with Gasteiger partial charge in [0, 0.05) is 19.7 Å². The first-order valence-electron chi connectivity index (χ1n) is 9.59. The predicted molar refractivity (Wildman–Crippen MR) is 69.7 cm³/mol. The van der Waals surface area contributed by atoms with Crippen LogP contribution in [0.5, 0.6) is 0 Å². The molecule has 0 saturated carbocycles. The quantitative estimate of drug-likeness (QED) is 0.883. The fourth-order valence-corrected chi connectivity index (χ4v) is 1.35. The number of carbonyl (C=O) groups is 1. The van der Waals surface area contributed by atoms with Crippen molar-refractivity contribution in [3.63, 3.8) is 0 Å². The van der Waals surface area contributed by atoms with Crippen LogP contribution in [0.25, 0.3) is 0 Å². The van der Waals surface area contributed by atoms with Crippen LogP contribution in [0.15, 0.2) is 30.3 Å². The molecule has 2 atom stereocenters. The van der Waals surface area contributed by atoms with Crippen molar-refractivity contribution in [2.75, 3.05) is 6.50 Å². The molecule has 0 amide bonds. The van der Waals surface area contributed by atoms with E-state index in [0.717, 1.165) is 12.1 Å². The molecular weight excluding hydrogens is 238 g/mol. The summed E-state index contributed by atoms with van der Waals surface area (Å²) in [6.45, 7) is -3.33. The van der Waals surface area contributed by atoms with Crippen molar-refractivity contribution in [3.8, 4) is 0 Å². The number of carboxylic acid groups (broad SMARTS) is 1. The molecule has 1 saturated heterocycles. The molecule has 2 rings (SSSR count). The minimum Gasteiger partial charge on any atom is -0.481 e. The van der Waals surface area contributed by atoms with Gasteiger partial charge in [-0.1, -0.05) is 36.7 Å². The maximum absolute atomic E-state index is 11.9. The Kier molecular flexibility index (Phi) is 2.06. The average molecular weight is 266 g/mol. The zero-order valence-electron chi connectivity index (χ0n) is 18.7. The van der Waals surface area contributed by atoms with Crippen molar-refractivity contribution in [3.05, 3.63) is 35.9 Å². The molecule has 1 aromatic carbocycles. The minimum atomic E-state index is -3.63. The van der Waals surface area contributed by atoms with E-state index in [9.17, 15) is 9.90 Å². The van der Waals surface area contributed by atoms with Gasteiger partial charge in [0.1, 0.15) is 0 Å². The van der Waals surface area contributed by atoms with Gasteiger partial charge in [-0.05, 0) is 24.8 Å². The Bertz CT molecular complexity index is 731. The number of halogens is 1. The second kappa shape index (κ2) is 6.62. The van der Waals surface area contributed by atoms with Gasteiger partial charge in [0.15, 0.2) is 0 Å². The lowest BCUT2D eigenvalue weighted by atomic mass is 9.86. The largest absolute Gasteiger partial charge is 0.481 e. The van der Waals surface area contributed by atoms with Crippen LogP contribution in [0, 0.1) is 0 Å². The first-order valence-corrected chi connectivity index (χ1v) is 4.59. The summed E-state index contributed by atoms with van der Waals surface area (Å²) in [7, 11) is 0. The molecule has 1 aliphatic rings. The lowest BCUT2D eigenvalue weighted by Crippen LogP contribution is -2.41. The van der Waals surface area contributed by atoms with E-state index in [1.54, 1.807) is 5.32 Å². The molecule has 17 heavy (non-hydrogen) atoms. The zero-order chi connectivity index (χ0) is 20.4. The standard InChI is InChI=1S/C13H17NO2.ClH/c15-13(16)12(10-6-2-1-3-7-10)11-8-4-5-9-14-11;/h1-3,6-7,11-12,14H,4-5,8-9H2,(H,15,16);1H/t11-,12+;/m0./s1/i4D2,5D2,8D2,9D2,11D,12D;. The zero-order valence-corrected chi connectivity index (χ0v) is 9.47. The van der Waals surface area contributed by atoms with Crippen molar-refractivity contribution in [1.82, 2.24) is 5.32 Å². The Morgan fingerprint density at radius 2 is 2.24 bits per heavy atom. The van der Waals surface area contributed by atoms with Crippen LogP contribution in [0.3, 0.4) is 0 Å². The number of piperidine rings is 1. The fraction of sp³-hybridized carbons (Fsp3) is 0.462. The lowest BCUT2D eigenvalue weighted by molar-refractivity contribution is -0.139. The van der Waals surface area contributed by atoms with Crippen LogP contribution in [0.1, 0.15) is 44.3 Å². The highest BCUT2D eigenvalue weighted by Crippen LogP contribution is 2.25. The van der Waals surface area contributed by atoms with Gasteiger partial charge in [-0.3, -0.25) is 4.79 Å². The van der Waals surface area contributed by atoms with Crippen molar-refractivity contribution in [2.45, 2.75) is 31.0 Å². The highest BCUT2D eigenvalue weighted by atomic mass is 35.5. The summed E-state index contributed by atoms with van der Waals surface area (Å²) < 4.78 is 79.7. The van der Waals surface area contributed by atoms with Gasteiger partial charge in [0.05, 0.1) is 5.89 Å². The fourth-order valence-electron chi connectivity index (χ4n) is 1.35. The van der Waals surface area contributed by atoms with Crippen molar-refractivity contribution >= 4 is 18.4 Å². The Hall–Kier alpha value is -1.06. The van der Waals surface area contributed by atoms with Gasteiger partial charge in [0.2, 0.25) is 0 Å². The van der Waals surface area contributed by atoms with Crippen LogP contribution < -0.4 is 5.32 Å². The van der Waals surface area contributed by atoms with Crippen LogP contribution in [-0.4, -0.2) is 23.6 Å². The molecule has 1 heterocycles. The van der Waals surface area contributed by atoms with E-state index in [1.165, 1.54) is 18.2 Å². The van der Waals surface area contributed by atoms with Gasteiger partial charge < -0.3 is 10.4 Å². The first-order chi connectivity index (χ1) is 11.5. The summed E-state index contributed by atoms with van der Waals surface area (Å²) in [6.07, 6.45) is -10.7. The van der Waals surface area contributed by atoms with E-state index < -0.39 is 43.5 Å². The Labute approximate surface area is 122 Å². The number of rotatable bonds is 3. The SMILES string of the molecule is Cl.[2H]C1([2H])N[C@]([2H])([C@]([2H])(C(=O)O)c2ccccc2)C([2H])([2H])C([2H])([2H])C1([2H])[2H]. The molecule has 1 fully saturated rings. The Morgan fingerprint density at radius 3 is 2.88 bits per heavy atom. The van der Waals surface area contributed by atoms with Crippen LogP contribution in [0.2, 0.25) is 0 Å². The summed E-state index contributed by atoms with van der Waals surface area (Å²) >= 11 is 0. The third kappa shape index (κ3) is 3.45. The summed E-state index contributed by atoms with van der Waals surface area (Å²) in [5.74, 6) is -5.20. The number of aliphatic carboxylic acids is 1. The lowest BCUT2D eigenvalue weighted by Gasteiger charge is -2.29. The molecule has 3 nitrogen and oxygen atoms in total. The van der Waals surface area contributed by atoms with Crippen LogP contribution in [0.4, 0.5) is 0 Å². The number of hydrogen-bond acceptors (Lipinski definition) is 2. The number of benzene rings is 1. The summed E-state index contributed by atoms with van der Waals surface area (Å²) in [5.41, 5.74) is -0.382. The summed E-state index contributed by atoms with van der Waals surface area (Å²) in [6, 6.07) is 3.01. The maximum atomic E-state index is 11.9. The molecule has 94 valence electrons. The molecule has 0 radical (unpaired) electrons. The Morgan fingerprint density at radius 1 is 1.53 bits per heavy atom. The third-order valence-electron chi connectivity index (χ3n) is 2.03. The van der Waals surface area contributed by atoms with E-state index in [2.05, 4.69) is 0 Å². The van der Waals surface area contributed by atoms with Gasteiger partial charge in [0.25, 0.3) is 0 Å². The molecule has 1 aromatic rings. The van der Waals surface area contributed by atoms with Crippen molar-refractivity contribution < 1.29 is 23.6 Å². The van der Waals surface area contributed by atoms with E-state index in [4.69, 9.17) is 13.7 Å². The average Bonchev–Trinajstić information content (AvgIpc) is 2.52. The van der Waals surface area contributed by atoms with E-state index in [-0.39, 0.29) is 18.0 Å². The molecular formula is C13H18ClNO2. The smallest absolute Gasteiger partial charge is 0.312 e. The molecule has 0 unspecified atom stereocenters. The molecule has 0 aliphatic carbocycles. The number of nitrogens with one attached hydrogen (secondary N) is 1. The van der Waals surface area contributed by atoms with Crippen LogP contribution >= 0.6 is 12.4 Å². The molecule has 0 spiro atoms. The maximum Gasteiger partial charge on any atom is 0.312 e. The van der Waals surface area contributed by atoms with Gasteiger partial charge >= 0.3 is 5.97 Å². The van der Waals surface area contributed by atoms with Crippen molar-refractivity contribution in [1.29, 1.82) is 0 Å². The van der Waals surface area contributed by atoms with Gasteiger partial charge in [-0.15, -0.1) is 12.4 Å². The van der Waals surface area contributed by atoms with Gasteiger partial charge in [-0.25, -0.2) is 0 Å². The Balaban J connectivity index is 0.00000364. The summed E-state index contributed by atoms with van der Waals surface area (Å²) in [4.78, 5) is 11.9. The molecule has 4 heteroatoms. The normalized spacial score (nSPS) is 48.0. The van der Waals surface area contributed by atoms with Gasteiger partial charge in [-0.2, -0.15) is 0 Å². The second-order valence-corrected chi connectivity index (χ2v) is 3.05. The highest BCUT2D eigenvalue weighted by Gasteiger charge is 2.30. The molecule has 0 bridgehead atoms. The second-order valence-electron chi connectivity index (χ2n) is 3.05. The van der Waals surface area contributed by atoms with Crippen molar-refractivity contribution in [2.24, 2.45) is 0 Å². The monoisotopic (exact) mass is 265 g/mol. The van der Waals surface area contributed by atoms with E-state index >= 15 is 0 Å². The molecule has 1 aliphatic heterocycles. The third-order valence-corrected chi connectivity index (χ3v) is 2.03. The first kappa shape index (κ1) is 5.29. The minimum absolute atomic E-state index is 0. The van der Waals surface area contributed by atoms with Crippen LogP contribution in [-0.2, 0) is 4.79 Å². The number of hydrogen-bond donors (Lipinski definition) is 2. The van der Waals surface area contributed by atoms with E-state index in [1.807, 2.05) is 0 Å². The predicted octanol–water partition coefficient (Wildman–Crippen LogP) is 2.42.